The van der Waals surface area contributed by atoms with Crippen LogP contribution in [-0.4, -0.2) is 36.3 Å². The number of fused-ring (bicyclic) bond motifs is 1. The predicted octanol–water partition coefficient (Wildman–Crippen LogP) is 4.23. The Balaban J connectivity index is 1.41. The normalized spacial score (nSPS) is 19.6. The zero-order valence-electron chi connectivity index (χ0n) is 16.0. The summed E-state index contributed by atoms with van der Waals surface area (Å²) in [4.78, 5) is 19.3. The number of ether oxygens (including phenoxy) is 1. The van der Waals surface area contributed by atoms with Crippen LogP contribution >= 0.6 is 11.3 Å². The molecule has 1 aliphatic heterocycles. The molecule has 1 saturated heterocycles. The van der Waals surface area contributed by atoms with E-state index in [0.717, 1.165) is 39.7 Å². The van der Waals surface area contributed by atoms with Crippen LogP contribution in [0.1, 0.15) is 18.9 Å². The van der Waals surface area contributed by atoms with E-state index in [2.05, 4.69) is 34.4 Å². The summed E-state index contributed by atoms with van der Waals surface area (Å²) < 4.78 is 6.95. The maximum Gasteiger partial charge on any atom is 0.319 e. The Bertz CT molecular complexity index is 931. The molecule has 146 valence electrons. The Hall–Kier alpha value is -2.64. The van der Waals surface area contributed by atoms with Gasteiger partial charge in [-0.05, 0) is 38.1 Å². The molecule has 0 aliphatic carbocycles. The third-order valence-electron chi connectivity index (χ3n) is 4.65. The van der Waals surface area contributed by atoms with Gasteiger partial charge in [0, 0.05) is 13.1 Å². The maximum absolute atomic E-state index is 12.5. The molecule has 0 saturated carbocycles. The second kappa shape index (κ2) is 8.16. The zero-order chi connectivity index (χ0) is 19.5. The summed E-state index contributed by atoms with van der Waals surface area (Å²) in [5.74, 6) is 0. The summed E-state index contributed by atoms with van der Waals surface area (Å²) >= 11 is 1.60. The zero-order valence-corrected chi connectivity index (χ0v) is 16.8. The van der Waals surface area contributed by atoms with Gasteiger partial charge >= 0.3 is 6.03 Å². The van der Waals surface area contributed by atoms with Crippen LogP contribution < -0.4 is 15.5 Å². The summed E-state index contributed by atoms with van der Waals surface area (Å²) in [6.45, 7) is 6.15. The van der Waals surface area contributed by atoms with Crippen LogP contribution in [0.3, 0.4) is 0 Å². The maximum atomic E-state index is 12.5. The van der Waals surface area contributed by atoms with Gasteiger partial charge in [0.05, 0.1) is 40.3 Å². The molecule has 7 heteroatoms. The third kappa shape index (κ3) is 4.26. The number of hydrogen-bond acceptors (Lipinski definition) is 5. The van der Waals surface area contributed by atoms with Crippen molar-refractivity contribution in [3.05, 3.63) is 53.5 Å². The first-order valence-corrected chi connectivity index (χ1v) is 10.3. The van der Waals surface area contributed by atoms with E-state index < -0.39 is 0 Å². The van der Waals surface area contributed by atoms with Crippen LogP contribution in [0.4, 0.5) is 16.2 Å². The molecule has 6 nitrogen and oxygen atoms in total. The van der Waals surface area contributed by atoms with Crippen LogP contribution in [-0.2, 0) is 11.3 Å². The van der Waals surface area contributed by atoms with Gasteiger partial charge in [0.1, 0.15) is 5.01 Å². The van der Waals surface area contributed by atoms with Crippen LogP contribution in [0.5, 0.6) is 0 Å². The topological polar surface area (TPSA) is 66.5 Å². The second-order valence-corrected chi connectivity index (χ2v) is 8.18. The Labute approximate surface area is 168 Å². The SMILES string of the molecule is C[C@@H]1CN(c2ccccc2NC(=O)NCc2nc3ccccc3s2)C[C@H](C)O1. The van der Waals surface area contributed by atoms with E-state index in [9.17, 15) is 4.79 Å². The molecule has 4 rings (SSSR count). The number of aromatic nitrogens is 1. The van der Waals surface area contributed by atoms with Crippen molar-refractivity contribution in [1.82, 2.24) is 10.3 Å². The van der Waals surface area contributed by atoms with Gasteiger partial charge in [0.2, 0.25) is 0 Å². The van der Waals surface area contributed by atoms with Crippen molar-refractivity contribution in [3.63, 3.8) is 0 Å². The fraction of sp³-hybridized carbons (Fsp3) is 0.333. The average Bonchev–Trinajstić information content (AvgIpc) is 3.09. The highest BCUT2D eigenvalue weighted by atomic mass is 32.1. The molecular weight excluding hydrogens is 372 g/mol. The number of nitrogens with one attached hydrogen (secondary N) is 2. The van der Waals surface area contributed by atoms with Crippen molar-refractivity contribution >= 4 is 39.0 Å². The van der Waals surface area contributed by atoms with Crippen LogP contribution in [0.15, 0.2) is 48.5 Å². The van der Waals surface area contributed by atoms with Crippen LogP contribution in [0.25, 0.3) is 10.2 Å². The molecule has 2 N–H and O–H groups in total. The van der Waals surface area contributed by atoms with Gasteiger partial charge < -0.3 is 20.3 Å². The summed E-state index contributed by atoms with van der Waals surface area (Å²) in [6.07, 6.45) is 0.314. The van der Waals surface area contributed by atoms with E-state index in [4.69, 9.17) is 4.74 Å². The molecule has 2 atom stereocenters. The second-order valence-electron chi connectivity index (χ2n) is 7.06. The van der Waals surface area contributed by atoms with E-state index in [1.54, 1.807) is 11.3 Å². The summed E-state index contributed by atoms with van der Waals surface area (Å²) in [5.41, 5.74) is 2.77. The lowest BCUT2D eigenvalue weighted by Gasteiger charge is -2.37. The first kappa shape index (κ1) is 18.7. The lowest BCUT2D eigenvalue weighted by Crippen LogP contribution is -2.45. The number of carbonyl (C=O) groups excluding carboxylic acids is 1. The average molecular weight is 397 g/mol. The van der Waals surface area contributed by atoms with E-state index >= 15 is 0 Å². The molecule has 0 spiro atoms. The molecule has 3 aromatic rings. The number of urea groups is 1. The summed E-state index contributed by atoms with van der Waals surface area (Å²) in [5, 5.41) is 6.79. The molecule has 1 aliphatic rings. The molecule has 0 bridgehead atoms. The quantitative estimate of drug-likeness (QED) is 0.693. The molecule has 2 heterocycles. The van der Waals surface area contributed by atoms with Crippen molar-refractivity contribution < 1.29 is 9.53 Å². The van der Waals surface area contributed by atoms with Crippen molar-refractivity contribution in [2.45, 2.75) is 32.6 Å². The number of carbonyl (C=O) groups is 1. The van der Waals surface area contributed by atoms with E-state index in [-0.39, 0.29) is 18.2 Å². The Morgan fingerprint density at radius 1 is 1.14 bits per heavy atom. The minimum Gasteiger partial charge on any atom is -0.372 e. The van der Waals surface area contributed by atoms with Gasteiger partial charge in [0.15, 0.2) is 0 Å². The number of nitrogens with zero attached hydrogens (tertiary/aromatic N) is 2. The Morgan fingerprint density at radius 3 is 2.64 bits per heavy atom. The smallest absolute Gasteiger partial charge is 0.319 e. The molecule has 1 fully saturated rings. The van der Waals surface area contributed by atoms with Gasteiger partial charge in [-0.1, -0.05) is 24.3 Å². The summed E-state index contributed by atoms with van der Waals surface area (Å²) in [6, 6.07) is 15.6. The first-order chi connectivity index (χ1) is 13.6. The van der Waals surface area contributed by atoms with Crippen molar-refractivity contribution in [2.24, 2.45) is 0 Å². The third-order valence-corrected chi connectivity index (χ3v) is 5.69. The largest absolute Gasteiger partial charge is 0.372 e. The van der Waals surface area contributed by atoms with Gasteiger partial charge in [-0.2, -0.15) is 0 Å². The number of amides is 2. The van der Waals surface area contributed by atoms with Gasteiger partial charge in [-0.15, -0.1) is 11.3 Å². The molecule has 2 aromatic carbocycles. The molecule has 0 radical (unpaired) electrons. The van der Waals surface area contributed by atoms with Crippen LogP contribution in [0, 0.1) is 0 Å². The highest BCUT2D eigenvalue weighted by Gasteiger charge is 2.24. The predicted molar refractivity (Wildman–Crippen MR) is 114 cm³/mol. The van der Waals surface area contributed by atoms with Crippen molar-refractivity contribution in [2.75, 3.05) is 23.3 Å². The van der Waals surface area contributed by atoms with Gasteiger partial charge in [-0.25, -0.2) is 9.78 Å². The van der Waals surface area contributed by atoms with Gasteiger partial charge in [-0.3, -0.25) is 0 Å². The number of benzene rings is 2. The van der Waals surface area contributed by atoms with E-state index in [1.165, 1.54) is 0 Å². The monoisotopic (exact) mass is 396 g/mol. The number of morpholine rings is 1. The minimum atomic E-state index is -0.235. The summed E-state index contributed by atoms with van der Waals surface area (Å²) in [7, 11) is 0. The number of hydrogen-bond donors (Lipinski definition) is 2. The van der Waals surface area contributed by atoms with Crippen molar-refractivity contribution in [3.8, 4) is 0 Å². The lowest BCUT2D eigenvalue weighted by atomic mass is 10.1. The number of anilines is 2. The highest BCUT2D eigenvalue weighted by Crippen LogP contribution is 2.28. The molecule has 28 heavy (non-hydrogen) atoms. The number of para-hydroxylation sites is 3. The molecule has 0 unspecified atom stereocenters. The lowest BCUT2D eigenvalue weighted by molar-refractivity contribution is -0.00517. The number of thiazole rings is 1. The fourth-order valence-corrected chi connectivity index (χ4v) is 4.45. The van der Waals surface area contributed by atoms with Gasteiger partial charge in [0.25, 0.3) is 0 Å². The standard InChI is InChI=1S/C21H24N4O2S/c1-14-12-25(13-15(2)27-14)18-9-5-3-7-16(18)24-21(26)22-11-20-23-17-8-4-6-10-19(17)28-20/h3-10,14-15H,11-13H2,1-2H3,(H2,22,24,26)/t14-,15+. The number of rotatable bonds is 4. The van der Waals surface area contributed by atoms with E-state index in [1.807, 2.05) is 48.5 Å². The van der Waals surface area contributed by atoms with Crippen LogP contribution in [0.2, 0.25) is 0 Å². The minimum absolute atomic E-state index is 0.157. The molecule has 2 amide bonds. The first-order valence-electron chi connectivity index (χ1n) is 9.47. The Morgan fingerprint density at radius 2 is 1.86 bits per heavy atom. The molecule has 1 aromatic heterocycles. The Kier molecular flexibility index (Phi) is 5.45. The highest BCUT2D eigenvalue weighted by molar-refractivity contribution is 7.18. The molecular formula is C21H24N4O2S. The van der Waals surface area contributed by atoms with E-state index in [0.29, 0.717) is 6.54 Å². The fourth-order valence-electron chi connectivity index (χ4n) is 3.55. The van der Waals surface area contributed by atoms with Crippen molar-refractivity contribution in [1.29, 1.82) is 0 Å².